The molecule has 1 fully saturated rings. The minimum absolute atomic E-state index is 0.0772. The molecule has 0 atom stereocenters. The maximum absolute atomic E-state index is 12.9. The van der Waals surface area contributed by atoms with Crippen LogP contribution in [0.5, 0.6) is 0 Å². The fourth-order valence-corrected chi connectivity index (χ4v) is 4.15. The molecule has 9 heteroatoms. The molecular formula is C14H18FN5O2S. The van der Waals surface area contributed by atoms with Crippen LogP contribution in [0, 0.1) is 5.82 Å². The summed E-state index contributed by atoms with van der Waals surface area (Å²) in [5.41, 5.74) is 0. The van der Waals surface area contributed by atoms with Crippen molar-refractivity contribution in [2.75, 3.05) is 31.1 Å². The van der Waals surface area contributed by atoms with Crippen LogP contribution in [0.2, 0.25) is 0 Å². The average Bonchev–Trinajstić information content (AvgIpc) is 3.05. The molecule has 7 nitrogen and oxygen atoms in total. The highest BCUT2D eigenvalue weighted by Gasteiger charge is 2.31. The highest BCUT2D eigenvalue weighted by Crippen LogP contribution is 2.19. The largest absolute Gasteiger partial charge is 0.354 e. The second kappa shape index (κ2) is 6.25. The van der Waals surface area contributed by atoms with E-state index in [9.17, 15) is 12.8 Å². The van der Waals surface area contributed by atoms with Gasteiger partial charge in [-0.3, -0.25) is 0 Å². The third kappa shape index (κ3) is 3.06. The lowest BCUT2D eigenvalue weighted by molar-refractivity contribution is 0.377. The molecule has 124 valence electrons. The van der Waals surface area contributed by atoms with Crippen molar-refractivity contribution < 1.29 is 12.8 Å². The summed E-state index contributed by atoms with van der Waals surface area (Å²) < 4.78 is 41.3. The van der Waals surface area contributed by atoms with Crippen molar-refractivity contribution in [2.24, 2.45) is 0 Å². The lowest BCUT2D eigenvalue weighted by Crippen LogP contribution is -2.49. The molecule has 2 aromatic rings. The monoisotopic (exact) mass is 339 g/mol. The Bertz CT molecular complexity index is 767. The van der Waals surface area contributed by atoms with E-state index >= 15 is 0 Å². The number of aromatic nitrogens is 3. The van der Waals surface area contributed by atoms with Crippen molar-refractivity contribution in [3.63, 3.8) is 0 Å². The molecule has 3 heterocycles. The Morgan fingerprint density at radius 3 is 2.52 bits per heavy atom. The molecular weight excluding hydrogens is 321 g/mol. The van der Waals surface area contributed by atoms with E-state index in [2.05, 4.69) is 9.97 Å². The Morgan fingerprint density at radius 1 is 1.17 bits per heavy atom. The van der Waals surface area contributed by atoms with Gasteiger partial charge in [-0.15, -0.1) is 0 Å². The smallest absolute Gasteiger partial charge is 0.277 e. The number of aryl methyl sites for hydroxylation is 1. The number of halogens is 1. The fourth-order valence-electron chi connectivity index (χ4n) is 2.60. The normalized spacial score (nSPS) is 16.7. The average molecular weight is 339 g/mol. The zero-order valence-electron chi connectivity index (χ0n) is 12.8. The van der Waals surface area contributed by atoms with Crippen LogP contribution in [-0.4, -0.2) is 53.4 Å². The van der Waals surface area contributed by atoms with Gasteiger partial charge < -0.3 is 9.47 Å². The number of hydrogen-bond donors (Lipinski definition) is 0. The summed E-state index contributed by atoms with van der Waals surface area (Å²) in [6, 6.07) is 2.95. The summed E-state index contributed by atoms with van der Waals surface area (Å²) in [7, 11) is -3.60. The summed E-state index contributed by atoms with van der Waals surface area (Å²) in [4.78, 5) is 9.96. The number of rotatable bonds is 4. The van der Waals surface area contributed by atoms with E-state index in [1.54, 1.807) is 16.8 Å². The molecule has 3 rings (SSSR count). The first kappa shape index (κ1) is 15.9. The molecule has 2 aromatic heterocycles. The van der Waals surface area contributed by atoms with Crippen LogP contribution in [0.25, 0.3) is 0 Å². The minimum atomic E-state index is -3.60. The third-order valence-electron chi connectivity index (χ3n) is 3.86. The number of imidazole rings is 1. The molecule has 1 aliphatic heterocycles. The Kier molecular flexibility index (Phi) is 4.31. The van der Waals surface area contributed by atoms with E-state index in [1.807, 2.05) is 11.8 Å². The summed E-state index contributed by atoms with van der Waals surface area (Å²) in [5, 5.41) is 0.0772. The first-order chi connectivity index (χ1) is 11.0. The van der Waals surface area contributed by atoms with Gasteiger partial charge in [0.05, 0.1) is 6.20 Å². The zero-order chi connectivity index (χ0) is 16.4. The topological polar surface area (TPSA) is 71.3 Å². The second-order valence-electron chi connectivity index (χ2n) is 5.22. The van der Waals surface area contributed by atoms with Gasteiger partial charge >= 0.3 is 0 Å². The molecule has 0 radical (unpaired) electrons. The maximum atomic E-state index is 12.9. The van der Waals surface area contributed by atoms with Gasteiger partial charge in [-0.2, -0.15) is 4.31 Å². The van der Waals surface area contributed by atoms with E-state index in [0.29, 0.717) is 38.5 Å². The van der Waals surface area contributed by atoms with Crippen molar-refractivity contribution in [3.05, 3.63) is 36.5 Å². The SMILES string of the molecule is CCn1ccnc1S(=O)(=O)N1CCN(c2ccc(F)cn2)CC1. The van der Waals surface area contributed by atoms with Crippen molar-refractivity contribution in [1.82, 2.24) is 18.8 Å². The quantitative estimate of drug-likeness (QED) is 0.829. The van der Waals surface area contributed by atoms with Gasteiger partial charge in [0.1, 0.15) is 11.6 Å². The molecule has 0 saturated carbocycles. The van der Waals surface area contributed by atoms with Crippen LogP contribution in [0.1, 0.15) is 6.92 Å². The molecule has 1 aliphatic rings. The molecule has 0 amide bonds. The van der Waals surface area contributed by atoms with Gasteiger partial charge in [-0.05, 0) is 19.1 Å². The van der Waals surface area contributed by atoms with Gasteiger partial charge in [-0.1, -0.05) is 0 Å². The molecule has 0 N–H and O–H groups in total. The Labute approximate surface area is 134 Å². The number of pyridine rings is 1. The summed E-state index contributed by atoms with van der Waals surface area (Å²) in [6.07, 6.45) is 4.32. The molecule has 0 aliphatic carbocycles. The standard InChI is InChI=1S/C14H18FN5O2S/c1-2-18-6-5-16-14(18)23(21,22)20-9-7-19(8-10-20)13-4-3-12(15)11-17-13/h3-6,11H,2,7-10H2,1H3. The number of sulfonamides is 1. The highest BCUT2D eigenvalue weighted by molar-refractivity contribution is 7.89. The number of piperazine rings is 1. The van der Waals surface area contributed by atoms with Crippen LogP contribution in [0.15, 0.2) is 35.9 Å². The molecule has 1 saturated heterocycles. The molecule has 0 bridgehead atoms. The number of anilines is 1. The molecule has 0 unspecified atom stereocenters. The first-order valence-corrected chi connectivity index (χ1v) is 8.84. The van der Waals surface area contributed by atoms with E-state index in [4.69, 9.17) is 0 Å². The fraction of sp³-hybridized carbons (Fsp3) is 0.429. The highest BCUT2D eigenvalue weighted by atomic mass is 32.2. The summed E-state index contributed by atoms with van der Waals surface area (Å²) >= 11 is 0. The lowest BCUT2D eigenvalue weighted by atomic mass is 10.3. The Balaban J connectivity index is 1.72. The second-order valence-corrected chi connectivity index (χ2v) is 7.05. The Hall–Kier alpha value is -2.00. The van der Waals surface area contributed by atoms with E-state index in [-0.39, 0.29) is 11.0 Å². The van der Waals surface area contributed by atoms with Crippen LogP contribution in [0.4, 0.5) is 10.2 Å². The van der Waals surface area contributed by atoms with Gasteiger partial charge in [0.15, 0.2) is 0 Å². The van der Waals surface area contributed by atoms with E-state index < -0.39 is 10.0 Å². The van der Waals surface area contributed by atoms with E-state index in [0.717, 1.165) is 6.20 Å². The predicted molar refractivity (Wildman–Crippen MR) is 83.1 cm³/mol. The predicted octanol–water partition coefficient (Wildman–Crippen LogP) is 0.948. The van der Waals surface area contributed by atoms with Crippen LogP contribution >= 0.6 is 0 Å². The first-order valence-electron chi connectivity index (χ1n) is 7.40. The maximum Gasteiger partial charge on any atom is 0.277 e. The Morgan fingerprint density at radius 2 is 1.91 bits per heavy atom. The van der Waals surface area contributed by atoms with Crippen LogP contribution < -0.4 is 4.90 Å². The van der Waals surface area contributed by atoms with Gasteiger partial charge in [0.25, 0.3) is 10.0 Å². The lowest BCUT2D eigenvalue weighted by Gasteiger charge is -2.34. The number of nitrogens with zero attached hydrogens (tertiary/aromatic N) is 5. The van der Waals surface area contributed by atoms with Crippen molar-refractivity contribution in [1.29, 1.82) is 0 Å². The minimum Gasteiger partial charge on any atom is -0.354 e. The number of hydrogen-bond acceptors (Lipinski definition) is 5. The van der Waals surface area contributed by atoms with E-state index in [1.165, 1.54) is 16.6 Å². The van der Waals surface area contributed by atoms with Gasteiger partial charge in [0.2, 0.25) is 5.16 Å². The summed E-state index contributed by atoms with van der Waals surface area (Å²) in [5.74, 6) is 0.264. The van der Waals surface area contributed by atoms with Gasteiger partial charge in [0, 0.05) is 45.1 Å². The molecule has 23 heavy (non-hydrogen) atoms. The van der Waals surface area contributed by atoms with Crippen molar-refractivity contribution in [3.8, 4) is 0 Å². The zero-order valence-corrected chi connectivity index (χ0v) is 13.6. The van der Waals surface area contributed by atoms with Crippen LogP contribution in [-0.2, 0) is 16.6 Å². The van der Waals surface area contributed by atoms with Crippen LogP contribution in [0.3, 0.4) is 0 Å². The van der Waals surface area contributed by atoms with Crippen molar-refractivity contribution in [2.45, 2.75) is 18.6 Å². The third-order valence-corrected chi connectivity index (χ3v) is 5.71. The van der Waals surface area contributed by atoms with Crippen molar-refractivity contribution >= 4 is 15.8 Å². The molecule has 0 aromatic carbocycles. The summed E-state index contributed by atoms with van der Waals surface area (Å²) in [6.45, 7) is 4.12. The van der Waals surface area contributed by atoms with Gasteiger partial charge in [-0.25, -0.2) is 22.8 Å². The molecule has 0 spiro atoms.